The molecule has 9 heteroatoms. The maximum Gasteiger partial charge on any atom is 0.416 e. The van der Waals surface area contributed by atoms with Crippen molar-refractivity contribution in [1.82, 2.24) is 14.8 Å². The zero-order valence-corrected chi connectivity index (χ0v) is 11.7. The van der Waals surface area contributed by atoms with Crippen molar-refractivity contribution in [3.63, 3.8) is 0 Å². The lowest BCUT2D eigenvalue weighted by Crippen LogP contribution is -2.25. The summed E-state index contributed by atoms with van der Waals surface area (Å²) in [6.45, 7) is 1.44. The third-order valence-corrected chi connectivity index (χ3v) is 2.72. The van der Waals surface area contributed by atoms with Crippen LogP contribution in [0.3, 0.4) is 0 Å². The fraction of sp³-hybridized carbons (Fsp3) is 0.308. The molecule has 22 heavy (non-hydrogen) atoms. The predicted molar refractivity (Wildman–Crippen MR) is 68.5 cm³/mol. The Morgan fingerprint density at radius 1 is 1.36 bits per heavy atom. The van der Waals surface area contributed by atoms with Gasteiger partial charge in [0.1, 0.15) is 6.33 Å². The minimum atomic E-state index is -4.45. The van der Waals surface area contributed by atoms with E-state index in [2.05, 4.69) is 14.8 Å². The third-order valence-electron chi connectivity index (χ3n) is 2.72. The summed E-state index contributed by atoms with van der Waals surface area (Å²) in [5, 5.41) is 3.87. The van der Waals surface area contributed by atoms with Crippen molar-refractivity contribution < 1.29 is 27.4 Å². The van der Waals surface area contributed by atoms with Crippen LogP contribution in [0.2, 0.25) is 0 Å². The Labute approximate surface area is 123 Å². The summed E-state index contributed by atoms with van der Waals surface area (Å²) in [7, 11) is 1.21. The van der Waals surface area contributed by atoms with Gasteiger partial charge in [0, 0.05) is 0 Å². The summed E-state index contributed by atoms with van der Waals surface area (Å²) < 4.78 is 48.7. The Hall–Kier alpha value is -2.58. The summed E-state index contributed by atoms with van der Waals surface area (Å²) in [4.78, 5) is 15.0. The van der Waals surface area contributed by atoms with Crippen LogP contribution in [0, 0.1) is 0 Å². The van der Waals surface area contributed by atoms with Crippen molar-refractivity contribution in [3.8, 4) is 11.7 Å². The SMILES string of the molecule is COC(=O)C(C)Oc1ncn(-c2cccc(C(F)(F)F)c2)n1. The van der Waals surface area contributed by atoms with Crippen molar-refractivity contribution in [3.05, 3.63) is 36.2 Å². The smallest absolute Gasteiger partial charge is 0.416 e. The summed E-state index contributed by atoms with van der Waals surface area (Å²) in [5.74, 6) is -0.615. The largest absolute Gasteiger partial charge is 0.466 e. The molecule has 1 atom stereocenters. The first-order valence-corrected chi connectivity index (χ1v) is 6.15. The van der Waals surface area contributed by atoms with Gasteiger partial charge in [0.25, 0.3) is 0 Å². The number of ether oxygens (including phenoxy) is 2. The van der Waals surface area contributed by atoms with Gasteiger partial charge in [0.15, 0.2) is 6.10 Å². The fourth-order valence-electron chi connectivity index (χ4n) is 1.62. The van der Waals surface area contributed by atoms with E-state index in [1.54, 1.807) is 0 Å². The van der Waals surface area contributed by atoms with Crippen molar-refractivity contribution in [2.24, 2.45) is 0 Å². The number of carbonyl (C=O) groups is 1. The van der Waals surface area contributed by atoms with Gasteiger partial charge in [-0.3, -0.25) is 0 Å². The molecule has 0 aliphatic rings. The minimum Gasteiger partial charge on any atom is -0.466 e. The predicted octanol–water partition coefficient (Wildman–Crippen LogP) is 2.23. The molecular weight excluding hydrogens is 303 g/mol. The maximum absolute atomic E-state index is 12.7. The number of hydrogen-bond donors (Lipinski definition) is 0. The highest BCUT2D eigenvalue weighted by Crippen LogP contribution is 2.30. The first-order chi connectivity index (χ1) is 10.3. The summed E-state index contributed by atoms with van der Waals surface area (Å²) in [6.07, 6.45) is -4.19. The number of halogens is 3. The summed E-state index contributed by atoms with van der Waals surface area (Å²) >= 11 is 0. The van der Waals surface area contributed by atoms with Gasteiger partial charge in [0.05, 0.1) is 18.4 Å². The molecule has 0 saturated heterocycles. The molecule has 2 aromatic rings. The maximum atomic E-state index is 12.7. The van der Waals surface area contributed by atoms with Gasteiger partial charge in [-0.25, -0.2) is 9.48 Å². The van der Waals surface area contributed by atoms with Crippen molar-refractivity contribution >= 4 is 5.97 Å². The average molecular weight is 315 g/mol. The van der Waals surface area contributed by atoms with Crippen LogP contribution in [0.15, 0.2) is 30.6 Å². The lowest BCUT2D eigenvalue weighted by atomic mass is 10.2. The Kier molecular flexibility index (Phi) is 4.34. The second-order valence-electron chi connectivity index (χ2n) is 4.30. The Morgan fingerprint density at radius 2 is 2.09 bits per heavy atom. The van der Waals surface area contributed by atoms with Crippen LogP contribution in [0.25, 0.3) is 5.69 Å². The molecule has 0 bridgehead atoms. The van der Waals surface area contributed by atoms with Gasteiger partial charge in [-0.05, 0) is 25.1 Å². The molecule has 0 aliphatic carbocycles. The highest BCUT2D eigenvalue weighted by Gasteiger charge is 2.30. The van der Waals surface area contributed by atoms with Crippen molar-refractivity contribution in [2.45, 2.75) is 19.2 Å². The molecule has 1 aromatic heterocycles. The van der Waals surface area contributed by atoms with Crippen LogP contribution in [0.4, 0.5) is 13.2 Å². The van der Waals surface area contributed by atoms with E-state index in [4.69, 9.17) is 4.74 Å². The standard InChI is InChI=1S/C13H12F3N3O3/c1-8(11(20)21-2)22-12-17-7-19(18-12)10-5-3-4-9(6-10)13(14,15)16/h3-8H,1-2H3. The van der Waals surface area contributed by atoms with Crippen LogP contribution < -0.4 is 4.74 Å². The molecule has 118 valence electrons. The van der Waals surface area contributed by atoms with Gasteiger partial charge >= 0.3 is 18.2 Å². The molecule has 2 rings (SSSR count). The zero-order chi connectivity index (χ0) is 16.3. The third kappa shape index (κ3) is 3.54. The average Bonchev–Trinajstić information content (AvgIpc) is 2.94. The van der Waals surface area contributed by atoms with Crippen LogP contribution in [-0.4, -0.2) is 33.9 Å². The van der Waals surface area contributed by atoms with Gasteiger partial charge in [0.2, 0.25) is 0 Å². The molecule has 1 unspecified atom stereocenters. The zero-order valence-electron chi connectivity index (χ0n) is 11.7. The number of aromatic nitrogens is 3. The lowest BCUT2D eigenvalue weighted by molar-refractivity contribution is -0.148. The molecule has 0 N–H and O–H groups in total. The Bertz CT molecular complexity index is 670. The number of methoxy groups -OCH3 is 1. The molecule has 0 amide bonds. The summed E-state index contributed by atoms with van der Waals surface area (Å²) in [5.41, 5.74) is -0.631. The topological polar surface area (TPSA) is 66.2 Å². The number of nitrogens with zero attached hydrogens (tertiary/aromatic N) is 3. The normalized spacial score (nSPS) is 12.8. The number of benzene rings is 1. The molecule has 6 nitrogen and oxygen atoms in total. The van der Waals surface area contributed by atoms with E-state index >= 15 is 0 Å². The molecule has 1 aromatic carbocycles. The van der Waals surface area contributed by atoms with Crippen LogP contribution in [0.1, 0.15) is 12.5 Å². The van der Waals surface area contributed by atoms with E-state index in [0.717, 1.165) is 16.8 Å². The van der Waals surface area contributed by atoms with E-state index in [1.807, 2.05) is 0 Å². The highest BCUT2D eigenvalue weighted by atomic mass is 19.4. The van der Waals surface area contributed by atoms with Crippen molar-refractivity contribution in [2.75, 3.05) is 7.11 Å². The molecular formula is C13H12F3N3O3. The summed E-state index contributed by atoms with van der Waals surface area (Å²) in [6, 6.07) is 4.45. The van der Waals surface area contributed by atoms with E-state index in [1.165, 1.54) is 32.5 Å². The van der Waals surface area contributed by atoms with Crippen molar-refractivity contribution in [1.29, 1.82) is 0 Å². The quantitative estimate of drug-likeness (QED) is 0.810. The first kappa shape index (κ1) is 15.8. The van der Waals surface area contributed by atoms with Gasteiger partial charge in [-0.15, -0.1) is 5.10 Å². The molecule has 0 spiro atoms. The molecule has 0 aliphatic heterocycles. The van der Waals surface area contributed by atoms with Gasteiger partial charge in [-0.2, -0.15) is 18.2 Å². The van der Waals surface area contributed by atoms with Gasteiger partial charge in [-0.1, -0.05) is 6.07 Å². The second-order valence-corrected chi connectivity index (χ2v) is 4.30. The number of esters is 1. The Morgan fingerprint density at radius 3 is 2.73 bits per heavy atom. The molecule has 0 saturated carbocycles. The molecule has 0 fully saturated rings. The van der Waals surface area contributed by atoms with E-state index in [-0.39, 0.29) is 11.7 Å². The van der Waals surface area contributed by atoms with E-state index in [0.29, 0.717) is 0 Å². The number of rotatable bonds is 4. The van der Waals surface area contributed by atoms with Crippen LogP contribution in [0.5, 0.6) is 6.01 Å². The van der Waals surface area contributed by atoms with Crippen LogP contribution >= 0.6 is 0 Å². The van der Waals surface area contributed by atoms with Crippen LogP contribution in [-0.2, 0) is 15.7 Å². The van der Waals surface area contributed by atoms with E-state index < -0.39 is 23.8 Å². The first-order valence-electron chi connectivity index (χ1n) is 6.15. The van der Waals surface area contributed by atoms with E-state index in [9.17, 15) is 18.0 Å². The molecule has 0 radical (unpaired) electrons. The monoisotopic (exact) mass is 315 g/mol. The number of carbonyl (C=O) groups excluding carboxylic acids is 1. The highest BCUT2D eigenvalue weighted by molar-refractivity contribution is 5.74. The molecule has 1 heterocycles. The Balaban J connectivity index is 2.20. The lowest BCUT2D eigenvalue weighted by Gasteiger charge is -2.09. The second kappa shape index (κ2) is 6.04. The fourth-order valence-corrected chi connectivity index (χ4v) is 1.62. The van der Waals surface area contributed by atoms with Gasteiger partial charge < -0.3 is 9.47 Å². The number of hydrogen-bond acceptors (Lipinski definition) is 5. The number of alkyl halides is 3. The minimum absolute atomic E-state index is 0.143.